The maximum atomic E-state index is 13.5. The van der Waals surface area contributed by atoms with Crippen LogP contribution in [0, 0.1) is 14.9 Å². The lowest BCUT2D eigenvalue weighted by molar-refractivity contribution is 0.297. The predicted molar refractivity (Wildman–Crippen MR) is 146 cm³/mol. The van der Waals surface area contributed by atoms with Crippen LogP contribution in [-0.2, 0) is 0 Å². The Morgan fingerprint density at radius 1 is 1.14 bits per heavy atom. The Balaban J connectivity index is 1.65. The summed E-state index contributed by atoms with van der Waals surface area (Å²) in [7, 11) is 0. The highest BCUT2D eigenvalue weighted by molar-refractivity contribution is 14.1. The van der Waals surface area contributed by atoms with Crippen LogP contribution < -0.4 is 15.0 Å². The van der Waals surface area contributed by atoms with Crippen LogP contribution in [0.2, 0.25) is 0 Å². The van der Waals surface area contributed by atoms with Crippen molar-refractivity contribution in [3.05, 3.63) is 86.2 Å². The van der Waals surface area contributed by atoms with Crippen LogP contribution in [0.3, 0.4) is 0 Å². The molecule has 0 N–H and O–H groups in total. The molecule has 0 fully saturated rings. The monoisotopic (exact) mass is 590 g/mol. The molecular formula is C27H19IN4O4. The predicted octanol–water partition coefficient (Wildman–Crippen LogP) is 5.60. The molecular weight excluding hydrogens is 571 g/mol. The Kier molecular flexibility index (Phi) is 6.69. The maximum absolute atomic E-state index is 13.5. The topological polar surface area (TPSA) is 103 Å². The van der Waals surface area contributed by atoms with Gasteiger partial charge in [-0.1, -0.05) is 30.3 Å². The smallest absolute Gasteiger partial charge is 0.282 e. The molecule has 5 aromatic rings. The van der Waals surface area contributed by atoms with Gasteiger partial charge in [-0.25, -0.2) is 4.98 Å². The molecule has 0 atom stereocenters. The van der Waals surface area contributed by atoms with E-state index in [9.17, 15) is 4.79 Å². The lowest BCUT2D eigenvalue weighted by Gasteiger charge is -2.13. The molecule has 178 valence electrons. The molecule has 9 heteroatoms. The van der Waals surface area contributed by atoms with Crippen LogP contribution in [0.1, 0.15) is 12.5 Å². The van der Waals surface area contributed by atoms with E-state index in [0.717, 1.165) is 8.96 Å². The van der Waals surface area contributed by atoms with Gasteiger partial charge in [-0.2, -0.15) is 15.0 Å². The number of halogens is 1. The summed E-state index contributed by atoms with van der Waals surface area (Å²) >= 11 is 2.12. The molecule has 0 saturated carbocycles. The van der Waals surface area contributed by atoms with Crippen molar-refractivity contribution in [3.63, 3.8) is 0 Å². The van der Waals surface area contributed by atoms with E-state index in [-0.39, 0.29) is 12.2 Å². The molecule has 8 nitrogen and oxygen atoms in total. The molecule has 0 amide bonds. The van der Waals surface area contributed by atoms with E-state index in [1.165, 1.54) is 4.68 Å². The molecule has 2 heterocycles. The van der Waals surface area contributed by atoms with Crippen molar-refractivity contribution in [2.45, 2.75) is 6.92 Å². The minimum atomic E-state index is -0.319. The van der Waals surface area contributed by atoms with Gasteiger partial charge in [0.05, 0.1) is 27.3 Å². The Bertz CT molecular complexity index is 1680. The van der Waals surface area contributed by atoms with Crippen LogP contribution >= 0.6 is 22.6 Å². The highest BCUT2D eigenvalue weighted by Gasteiger charge is 2.17. The average molecular weight is 590 g/mol. The van der Waals surface area contributed by atoms with E-state index in [2.05, 4.69) is 27.7 Å². The van der Waals surface area contributed by atoms with Crippen molar-refractivity contribution in [2.24, 2.45) is 5.10 Å². The molecule has 0 aliphatic heterocycles. The largest absolute Gasteiger partial charge is 0.490 e. The highest BCUT2D eigenvalue weighted by atomic mass is 127. The summed E-state index contributed by atoms with van der Waals surface area (Å²) in [6.45, 7) is 2.19. The van der Waals surface area contributed by atoms with Gasteiger partial charge in [0, 0.05) is 5.39 Å². The Morgan fingerprint density at radius 2 is 1.94 bits per heavy atom. The zero-order valence-electron chi connectivity index (χ0n) is 19.1. The van der Waals surface area contributed by atoms with Gasteiger partial charge in [0.2, 0.25) is 5.82 Å². The fraction of sp³-hybridized carbons (Fsp3) is 0.111. The van der Waals surface area contributed by atoms with Crippen molar-refractivity contribution < 1.29 is 13.9 Å². The maximum Gasteiger partial charge on any atom is 0.282 e. The third kappa shape index (κ3) is 4.55. The SMILES string of the molecule is CCOc1cc(C=Nn2c(-c3cc4ccccc4o3)nc3ccccc3c2=O)cc(I)c1OCC#N. The van der Waals surface area contributed by atoms with Crippen LogP contribution in [0.5, 0.6) is 11.5 Å². The number of aromatic nitrogens is 2. The number of hydrogen-bond acceptors (Lipinski definition) is 7. The van der Waals surface area contributed by atoms with E-state index < -0.39 is 0 Å². The number of nitrogens with zero attached hydrogens (tertiary/aromatic N) is 4. The zero-order chi connectivity index (χ0) is 25.1. The number of fused-ring (bicyclic) bond motifs is 2. The number of ether oxygens (including phenoxy) is 2. The summed E-state index contributed by atoms with van der Waals surface area (Å²) in [5, 5.41) is 14.7. The van der Waals surface area contributed by atoms with Gasteiger partial charge < -0.3 is 13.9 Å². The molecule has 0 aliphatic carbocycles. The minimum Gasteiger partial charge on any atom is -0.490 e. The van der Waals surface area contributed by atoms with E-state index >= 15 is 0 Å². The average Bonchev–Trinajstić information content (AvgIpc) is 3.32. The van der Waals surface area contributed by atoms with Crippen molar-refractivity contribution in [1.29, 1.82) is 5.26 Å². The molecule has 0 spiro atoms. The number of para-hydroxylation sites is 2. The fourth-order valence-corrected chi connectivity index (χ4v) is 4.56. The number of rotatable bonds is 7. The number of furan rings is 1. The Morgan fingerprint density at radius 3 is 2.75 bits per heavy atom. The standard InChI is InChI=1S/C27H19IN4O4/c1-2-34-23-14-17(13-20(28)25(23)35-12-11-29)16-30-32-26(24-15-18-7-3-6-10-22(18)36-24)31-21-9-5-4-8-19(21)27(32)33/h3-10,13-16H,2,12H2,1H3. The highest BCUT2D eigenvalue weighted by Crippen LogP contribution is 2.34. The number of nitriles is 1. The first kappa shape index (κ1) is 23.6. The van der Waals surface area contributed by atoms with E-state index in [0.29, 0.717) is 51.7 Å². The van der Waals surface area contributed by atoms with Gasteiger partial charge in [-0.05, 0) is 71.5 Å². The molecule has 2 aromatic heterocycles. The normalized spacial score (nSPS) is 11.2. The zero-order valence-corrected chi connectivity index (χ0v) is 21.3. The van der Waals surface area contributed by atoms with Crippen LogP contribution in [0.25, 0.3) is 33.5 Å². The van der Waals surface area contributed by atoms with Gasteiger partial charge in [0.15, 0.2) is 23.9 Å². The molecule has 0 saturated heterocycles. The quantitative estimate of drug-likeness (QED) is 0.181. The van der Waals surface area contributed by atoms with Crippen molar-refractivity contribution in [2.75, 3.05) is 13.2 Å². The third-order valence-corrected chi connectivity index (χ3v) is 6.14. The Labute approximate surface area is 219 Å². The second-order valence-corrected chi connectivity index (χ2v) is 8.83. The summed E-state index contributed by atoms with van der Waals surface area (Å²) in [4.78, 5) is 18.2. The molecule has 0 unspecified atom stereocenters. The fourth-order valence-electron chi connectivity index (χ4n) is 3.78. The van der Waals surface area contributed by atoms with E-state index in [1.807, 2.05) is 55.5 Å². The Hall–Kier alpha value is -4.17. The first-order valence-corrected chi connectivity index (χ1v) is 12.2. The van der Waals surface area contributed by atoms with Crippen LogP contribution in [0.4, 0.5) is 0 Å². The number of hydrogen-bond donors (Lipinski definition) is 0. The summed E-state index contributed by atoms with van der Waals surface area (Å²) in [6.07, 6.45) is 1.56. The van der Waals surface area contributed by atoms with Gasteiger partial charge in [0.25, 0.3) is 5.56 Å². The van der Waals surface area contributed by atoms with E-state index in [1.54, 1.807) is 30.5 Å². The van der Waals surface area contributed by atoms with Crippen molar-refractivity contribution in [1.82, 2.24) is 9.66 Å². The lowest BCUT2D eigenvalue weighted by Crippen LogP contribution is -2.20. The molecule has 3 aromatic carbocycles. The molecule has 5 rings (SSSR count). The summed E-state index contributed by atoms with van der Waals surface area (Å²) in [6, 6.07) is 22.1. The minimum absolute atomic E-state index is 0.0947. The van der Waals surface area contributed by atoms with Crippen molar-refractivity contribution in [3.8, 4) is 29.2 Å². The molecule has 0 radical (unpaired) electrons. The summed E-state index contributed by atoms with van der Waals surface area (Å²) in [5.74, 6) is 1.70. The third-order valence-electron chi connectivity index (χ3n) is 5.33. The van der Waals surface area contributed by atoms with E-state index in [4.69, 9.17) is 24.1 Å². The summed E-state index contributed by atoms with van der Waals surface area (Å²) < 4.78 is 19.3. The van der Waals surface area contributed by atoms with Gasteiger partial charge in [-0.15, -0.1) is 0 Å². The van der Waals surface area contributed by atoms with Crippen LogP contribution in [-0.4, -0.2) is 29.1 Å². The first-order valence-electron chi connectivity index (χ1n) is 11.1. The van der Waals surface area contributed by atoms with Gasteiger partial charge >= 0.3 is 0 Å². The first-order chi connectivity index (χ1) is 17.6. The molecule has 0 aliphatic rings. The van der Waals surface area contributed by atoms with Gasteiger partial charge in [-0.3, -0.25) is 4.79 Å². The molecule has 0 bridgehead atoms. The summed E-state index contributed by atoms with van der Waals surface area (Å²) in [5.41, 5.74) is 1.61. The second kappa shape index (κ2) is 10.2. The van der Waals surface area contributed by atoms with Gasteiger partial charge in [0.1, 0.15) is 11.7 Å². The van der Waals surface area contributed by atoms with Crippen molar-refractivity contribution >= 4 is 50.7 Å². The van der Waals surface area contributed by atoms with Crippen LogP contribution in [0.15, 0.2) is 81.0 Å². The molecule has 36 heavy (non-hydrogen) atoms. The number of benzene rings is 3. The second-order valence-electron chi connectivity index (χ2n) is 7.67. The lowest BCUT2D eigenvalue weighted by atomic mass is 10.2.